The van der Waals surface area contributed by atoms with E-state index in [1.807, 2.05) is 0 Å². The molecule has 0 N–H and O–H groups in total. The fourth-order valence-corrected chi connectivity index (χ4v) is 3.81. The molecule has 1 nitrogen and oxygen atoms in total. The van der Waals surface area contributed by atoms with Gasteiger partial charge < -0.3 is 0 Å². The molecule has 0 amide bonds. The van der Waals surface area contributed by atoms with Gasteiger partial charge in [-0.15, -0.1) is 0 Å². The molecule has 0 spiro atoms. The van der Waals surface area contributed by atoms with Crippen molar-refractivity contribution in [3.05, 3.63) is 53.2 Å². The molecule has 2 atom stereocenters. The third-order valence-corrected chi connectivity index (χ3v) is 4.75. The summed E-state index contributed by atoms with van der Waals surface area (Å²) in [7, 11) is 0. The predicted molar refractivity (Wildman–Crippen MR) is 79.3 cm³/mol. The van der Waals surface area contributed by atoms with Gasteiger partial charge in [0.25, 0.3) is 0 Å². The maximum Gasteiger partial charge on any atom is 0.0705 e. The zero-order chi connectivity index (χ0) is 12.8. The van der Waals surface area contributed by atoms with Gasteiger partial charge in [-0.2, -0.15) is 0 Å². The van der Waals surface area contributed by atoms with Crippen LogP contribution in [0, 0.1) is 5.92 Å². The first-order valence-corrected chi connectivity index (χ1v) is 7.41. The summed E-state index contributed by atoms with van der Waals surface area (Å²) in [6.45, 7) is 2.28. The maximum atomic E-state index is 4.92. The van der Waals surface area contributed by atoms with Gasteiger partial charge in [0.15, 0.2) is 0 Å². The predicted octanol–water partition coefficient (Wildman–Crippen LogP) is 4.62. The van der Waals surface area contributed by atoms with Gasteiger partial charge >= 0.3 is 0 Å². The lowest BCUT2D eigenvalue weighted by molar-refractivity contribution is 0.428. The summed E-state index contributed by atoms with van der Waals surface area (Å²) in [5.74, 6) is 1.45. The molecule has 0 aliphatic heterocycles. The van der Waals surface area contributed by atoms with E-state index in [1.54, 1.807) is 5.57 Å². The van der Waals surface area contributed by atoms with Crippen molar-refractivity contribution in [3.8, 4) is 0 Å². The molecule has 96 valence electrons. The van der Waals surface area contributed by atoms with Crippen molar-refractivity contribution in [1.29, 1.82) is 0 Å². The average molecular weight is 249 g/mol. The Hall–Kier alpha value is -1.63. The molecule has 1 aromatic heterocycles. The highest BCUT2D eigenvalue weighted by Crippen LogP contribution is 2.44. The van der Waals surface area contributed by atoms with Crippen LogP contribution in [-0.4, -0.2) is 4.98 Å². The van der Waals surface area contributed by atoms with Gasteiger partial charge in [0.2, 0.25) is 0 Å². The van der Waals surface area contributed by atoms with Crippen molar-refractivity contribution in [2.24, 2.45) is 5.92 Å². The summed E-state index contributed by atoms with van der Waals surface area (Å²) in [6.07, 6.45) is 7.45. The summed E-state index contributed by atoms with van der Waals surface area (Å²) >= 11 is 0. The van der Waals surface area contributed by atoms with Gasteiger partial charge in [0, 0.05) is 11.1 Å². The first-order chi connectivity index (χ1) is 9.33. The summed E-state index contributed by atoms with van der Waals surface area (Å²) in [6, 6.07) is 10.9. The largest absolute Gasteiger partial charge is 0.253 e. The lowest BCUT2D eigenvalue weighted by atomic mass is 9.71. The van der Waals surface area contributed by atoms with E-state index in [-0.39, 0.29) is 0 Å². The monoisotopic (exact) mass is 249 g/mol. The molecule has 0 radical (unpaired) electrons. The van der Waals surface area contributed by atoms with Crippen LogP contribution >= 0.6 is 0 Å². The van der Waals surface area contributed by atoms with Crippen LogP contribution in [0.15, 0.2) is 42.0 Å². The number of hydrogen-bond donors (Lipinski definition) is 0. The first-order valence-electron chi connectivity index (χ1n) is 7.41. The molecular formula is C18H19N. The number of pyridine rings is 1. The zero-order valence-corrected chi connectivity index (χ0v) is 11.4. The lowest BCUT2D eigenvalue weighted by Crippen LogP contribution is -2.23. The van der Waals surface area contributed by atoms with Crippen LogP contribution in [0.1, 0.15) is 43.4 Å². The summed E-state index contributed by atoms with van der Waals surface area (Å²) in [5, 5.41) is 1.30. The number of rotatable bonds is 1. The van der Waals surface area contributed by atoms with Gasteiger partial charge in [-0.25, -0.2) is 0 Å². The van der Waals surface area contributed by atoms with Crippen molar-refractivity contribution in [1.82, 2.24) is 4.98 Å². The van der Waals surface area contributed by atoms with Gasteiger partial charge in [-0.3, -0.25) is 4.98 Å². The molecule has 1 heterocycles. The van der Waals surface area contributed by atoms with Gasteiger partial charge in [0.1, 0.15) is 0 Å². The molecule has 0 saturated heterocycles. The van der Waals surface area contributed by atoms with E-state index in [0.29, 0.717) is 5.92 Å². The van der Waals surface area contributed by atoms with E-state index >= 15 is 0 Å². The third-order valence-electron chi connectivity index (χ3n) is 4.75. The minimum atomic E-state index is 0.714. The molecule has 1 aromatic carbocycles. The second-order valence-corrected chi connectivity index (χ2v) is 6.00. The van der Waals surface area contributed by atoms with Crippen LogP contribution in [0.3, 0.4) is 0 Å². The third kappa shape index (κ3) is 1.80. The van der Waals surface area contributed by atoms with Crippen LogP contribution in [0.2, 0.25) is 0 Å². The SMILES string of the molecule is CCC1=C[C@@H]2Cc3nc4ccccc4cc3[C@H](C1)C2. The summed E-state index contributed by atoms with van der Waals surface area (Å²) in [4.78, 5) is 4.92. The average Bonchev–Trinajstić information content (AvgIpc) is 2.45. The Morgan fingerprint density at radius 2 is 2.11 bits per heavy atom. The fraction of sp³-hybridized carbons (Fsp3) is 0.389. The van der Waals surface area contributed by atoms with Crippen molar-refractivity contribution in [2.45, 2.75) is 38.5 Å². The second-order valence-electron chi connectivity index (χ2n) is 6.00. The minimum absolute atomic E-state index is 0.714. The quantitative estimate of drug-likeness (QED) is 0.672. The topological polar surface area (TPSA) is 12.9 Å². The van der Waals surface area contributed by atoms with Crippen LogP contribution < -0.4 is 0 Å². The molecule has 0 fully saturated rings. The second kappa shape index (κ2) is 4.19. The van der Waals surface area contributed by atoms with Crippen LogP contribution in [0.25, 0.3) is 10.9 Å². The van der Waals surface area contributed by atoms with E-state index in [1.165, 1.54) is 35.9 Å². The number of nitrogens with zero attached hydrogens (tertiary/aromatic N) is 1. The molecule has 2 bridgehead atoms. The molecule has 2 aliphatic rings. The number of para-hydroxylation sites is 1. The summed E-state index contributed by atoms with van der Waals surface area (Å²) in [5.41, 5.74) is 5.68. The van der Waals surface area contributed by atoms with E-state index in [2.05, 4.69) is 43.3 Å². The van der Waals surface area contributed by atoms with Crippen molar-refractivity contribution < 1.29 is 0 Å². The molecule has 19 heavy (non-hydrogen) atoms. The Morgan fingerprint density at radius 1 is 1.21 bits per heavy atom. The molecule has 2 aliphatic carbocycles. The molecule has 4 rings (SSSR count). The Bertz CT molecular complexity index is 668. The van der Waals surface area contributed by atoms with Crippen LogP contribution in [0.5, 0.6) is 0 Å². The Kier molecular flexibility index (Phi) is 2.48. The van der Waals surface area contributed by atoms with Crippen molar-refractivity contribution in [3.63, 3.8) is 0 Å². The van der Waals surface area contributed by atoms with Crippen LogP contribution in [-0.2, 0) is 6.42 Å². The number of allylic oxidation sites excluding steroid dienone is 2. The van der Waals surface area contributed by atoms with E-state index in [0.717, 1.165) is 17.9 Å². The van der Waals surface area contributed by atoms with E-state index < -0.39 is 0 Å². The highest BCUT2D eigenvalue weighted by atomic mass is 14.7. The van der Waals surface area contributed by atoms with Gasteiger partial charge in [0.05, 0.1) is 5.52 Å². The van der Waals surface area contributed by atoms with E-state index in [4.69, 9.17) is 4.98 Å². The Morgan fingerprint density at radius 3 is 3.00 bits per heavy atom. The smallest absolute Gasteiger partial charge is 0.0705 e. The molecule has 0 saturated carbocycles. The normalized spacial score (nSPS) is 25.0. The highest BCUT2D eigenvalue weighted by Gasteiger charge is 2.31. The lowest BCUT2D eigenvalue weighted by Gasteiger charge is -2.35. The molecule has 0 unspecified atom stereocenters. The number of hydrogen-bond acceptors (Lipinski definition) is 1. The van der Waals surface area contributed by atoms with Crippen molar-refractivity contribution in [2.75, 3.05) is 0 Å². The number of benzene rings is 1. The van der Waals surface area contributed by atoms with Crippen molar-refractivity contribution >= 4 is 10.9 Å². The highest BCUT2D eigenvalue weighted by molar-refractivity contribution is 5.79. The standard InChI is InChI=1S/C18H19N/c1-2-12-7-13-9-15(8-12)16-11-14-5-3-4-6-17(14)19-18(16)10-13/h3-7,11,13,15H,2,8-10H2,1H3/t13-,15+/m0/s1. The van der Waals surface area contributed by atoms with Crippen LogP contribution in [0.4, 0.5) is 0 Å². The Labute approximate surface area is 114 Å². The molecule has 1 heteroatoms. The van der Waals surface area contributed by atoms with Gasteiger partial charge in [-0.1, -0.05) is 36.8 Å². The van der Waals surface area contributed by atoms with E-state index in [9.17, 15) is 0 Å². The maximum absolute atomic E-state index is 4.92. The first kappa shape index (κ1) is 11.2. The number of aromatic nitrogens is 1. The minimum Gasteiger partial charge on any atom is -0.253 e. The van der Waals surface area contributed by atoms with Gasteiger partial charge in [-0.05, 0) is 55.2 Å². The zero-order valence-electron chi connectivity index (χ0n) is 11.4. The number of fused-ring (bicyclic) bond motifs is 5. The summed E-state index contributed by atoms with van der Waals surface area (Å²) < 4.78 is 0. The fourth-order valence-electron chi connectivity index (χ4n) is 3.81. The molecule has 2 aromatic rings. The Balaban J connectivity index is 1.85. The molecular weight excluding hydrogens is 230 g/mol.